The second-order valence-corrected chi connectivity index (χ2v) is 5.16. The van der Waals surface area contributed by atoms with E-state index in [0.717, 1.165) is 19.2 Å². The average Bonchev–Trinajstić information content (AvgIpc) is 2.10. The summed E-state index contributed by atoms with van der Waals surface area (Å²) in [4.78, 5) is 11.5. The Morgan fingerprint density at radius 2 is 2.15 bits per heavy atom. The molecule has 0 aliphatic rings. The standard InChI is InChI=1S/C9H7Br2IO/c1-5-2-6(8(13)4-10)9(12)7(11)3-5/h2-3H,4H2,1H3. The minimum Gasteiger partial charge on any atom is -0.293 e. The van der Waals surface area contributed by atoms with Gasteiger partial charge in [0.1, 0.15) is 0 Å². The van der Waals surface area contributed by atoms with E-state index in [0.29, 0.717) is 5.33 Å². The Hall–Kier alpha value is 0.580. The number of hydrogen-bond acceptors (Lipinski definition) is 1. The van der Waals surface area contributed by atoms with Crippen LogP contribution in [0.2, 0.25) is 0 Å². The zero-order valence-electron chi connectivity index (χ0n) is 6.90. The van der Waals surface area contributed by atoms with Gasteiger partial charge in [0.05, 0.1) is 5.33 Å². The molecule has 0 unspecified atom stereocenters. The number of rotatable bonds is 2. The lowest BCUT2D eigenvalue weighted by atomic mass is 10.1. The fourth-order valence-corrected chi connectivity index (χ4v) is 2.49. The fraction of sp³-hybridized carbons (Fsp3) is 0.222. The molecule has 13 heavy (non-hydrogen) atoms. The van der Waals surface area contributed by atoms with Crippen LogP contribution in [-0.2, 0) is 0 Å². The number of aryl methyl sites for hydroxylation is 1. The van der Waals surface area contributed by atoms with Gasteiger partial charge in [0, 0.05) is 13.6 Å². The number of alkyl halides is 1. The van der Waals surface area contributed by atoms with Crippen LogP contribution in [0.1, 0.15) is 15.9 Å². The van der Waals surface area contributed by atoms with Gasteiger partial charge >= 0.3 is 0 Å². The lowest BCUT2D eigenvalue weighted by Gasteiger charge is -2.05. The SMILES string of the molecule is Cc1cc(Br)c(I)c(C(=O)CBr)c1. The monoisotopic (exact) mass is 416 g/mol. The number of carbonyl (C=O) groups excluding carboxylic acids is 1. The van der Waals surface area contributed by atoms with Crippen molar-refractivity contribution < 1.29 is 4.79 Å². The van der Waals surface area contributed by atoms with Gasteiger partial charge in [-0.2, -0.15) is 0 Å². The summed E-state index contributed by atoms with van der Waals surface area (Å²) in [5, 5.41) is 0.374. The van der Waals surface area contributed by atoms with Crippen LogP contribution in [0, 0.1) is 10.5 Å². The van der Waals surface area contributed by atoms with Crippen LogP contribution in [0.4, 0.5) is 0 Å². The summed E-state index contributed by atoms with van der Waals surface area (Å²) in [7, 11) is 0. The second kappa shape index (κ2) is 4.89. The van der Waals surface area contributed by atoms with Gasteiger partial charge < -0.3 is 0 Å². The molecule has 0 aromatic heterocycles. The number of halogens is 3. The summed E-state index contributed by atoms with van der Waals surface area (Å²) >= 11 is 8.76. The summed E-state index contributed by atoms with van der Waals surface area (Å²) in [6.07, 6.45) is 0. The Bertz CT molecular complexity index is 350. The number of Topliss-reactive ketones (excluding diaryl/α,β-unsaturated/α-hetero) is 1. The van der Waals surface area contributed by atoms with Crippen molar-refractivity contribution in [3.05, 3.63) is 31.3 Å². The first-order valence-corrected chi connectivity index (χ1v) is 6.60. The molecule has 0 aliphatic heterocycles. The third-order valence-corrected chi connectivity index (χ3v) is 4.63. The quantitative estimate of drug-likeness (QED) is 0.405. The highest BCUT2D eigenvalue weighted by molar-refractivity contribution is 14.1. The molecular weight excluding hydrogens is 411 g/mol. The average molecular weight is 418 g/mol. The number of ketones is 1. The topological polar surface area (TPSA) is 17.1 Å². The first-order valence-electron chi connectivity index (χ1n) is 3.61. The van der Waals surface area contributed by atoms with Gasteiger partial charge in [0.2, 0.25) is 0 Å². The van der Waals surface area contributed by atoms with Crippen LogP contribution >= 0.6 is 54.5 Å². The molecule has 1 nitrogen and oxygen atoms in total. The van der Waals surface area contributed by atoms with E-state index in [1.807, 2.05) is 19.1 Å². The Morgan fingerprint density at radius 1 is 1.54 bits per heavy atom. The summed E-state index contributed by atoms with van der Waals surface area (Å²) in [5.41, 5.74) is 1.88. The van der Waals surface area contributed by atoms with E-state index in [1.165, 1.54) is 0 Å². The van der Waals surface area contributed by atoms with Crippen LogP contribution in [0.15, 0.2) is 16.6 Å². The minimum atomic E-state index is 0.119. The van der Waals surface area contributed by atoms with Crippen LogP contribution < -0.4 is 0 Å². The smallest absolute Gasteiger partial charge is 0.174 e. The zero-order valence-corrected chi connectivity index (χ0v) is 12.2. The molecular formula is C9H7Br2IO. The summed E-state index contributed by atoms with van der Waals surface area (Å²) < 4.78 is 1.96. The van der Waals surface area contributed by atoms with Gasteiger partial charge in [-0.3, -0.25) is 4.79 Å². The highest BCUT2D eigenvalue weighted by Crippen LogP contribution is 2.25. The predicted octanol–water partition coefficient (Wildman–Crippen LogP) is 3.94. The molecule has 1 aromatic rings. The van der Waals surface area contributed by atoms with E-state index in [-0.39, 0.29) is 5.78 Å². The van der Waals surface area contributed by atoms with Crippen molar-refractivity contribution in [2.75, 3.05) is 5.33 Å². The van der Waals surface area contributed by atoms with Crippen LogP contribution in [0.5, 0.6) is 0 Å². The molecule has 0 aliphatic carbocycles. The highest BCUT2D eigenvalue weighted by atomic mass is 127. The summed E-state index contributed by atoms with van der Waals surface area (Å²) in [5.74, 6) is 0.119. The molecule has 0 heterocycles. The van der Waals surface area contributed by atoms with Crippen LogP contribution in [-0.4, -0.2) is 11.1 Å². The molecule has 0 spiro atoms. The molecule has 0 saturated heterocycles. The number of hydrogen-bond donors (Lipinski definition) is 0. The minimum absolute atomic E-state index is 0.119. The zero-order chi connectivity index (χ0) is 10.0. The Balaban J connectivity index is 3.28. The van der Waals surface area contributed by atoms with E-state index in [4.69, 9.17) is 0 Å². The highest BCUT2D eigenvalue weighted by Gasteiger charge is 2.11. The molecule has 0 fully saturated rings. The molecule has 1 aromatic carbocycles. The van der Waals surface area contributed by atoms with E-state index >= 15 is 0 Å². The molecule has 1 rings (SSSR count). The Labute approximate surface area is 108 Å². The van der Waals surface area contributed by atoms with E-state index in [1.54, 1.807) is 0 Å². The van der Waals surface area contributed by atoms with Crippen molar-refractivity contribution in [1.82, 2.24) is 0 Å². The van der Waals surface area contributed by atoms with Gasteiger partial charge in [0.25, 0.3) is 0 Å². The van der Waals surface area contributed by atoms with Gasteiger partial charge in [-0.05, 0) is 63.1 Å². The maximum atomic E-state index is 11.5. The van der Waals surface area contributed by atoms with E-state index < -0.39 is 0 Å². The molecule has 0 bridgehead atoms. The summed E-state index contributed by atoms with van der Waals surface area (Å²) in [6, 6.07) is 3.92. The van der Waals surface area contributed by atoms with Gasteiger partial charge in [-0.15, -0.1) is 0 Å². The second-order valence-electron chi connectivity index (χ2n) is 2.67. The van der Waals surface area contributed by atoms with Crippen molar-refractivity contribution in [3.8, 4) is 0 Å². The van der Waals surface area contributed by atoms with Crippen molar-refractivity contribution >= 4 is 60.2 Å². The van der Waals surface area contributed by atoms with E-state index in [9.17, 15) is 4.79 Å². The molecule has 0 N–H and O–H groups in total. The van der Waals surface area contributed by atoms with Gasteiger partial charge in [0.15, 0.2) is 5.78 Å². The van der Waals surface area contributed by atoms with Crippen molar-refractivity contribution in [2.45, 2.75) is 6.92 Å². The molecule has 4 heteroatoms. The maximum Gasteiger partial charge on any atom is 0.174 e. The van der Waals surface area contributed by atoms with Crippen molar-refractivity contribution in [2.24, 2.45) is 0 Å². The Morgan fingerprint density at radius 3 is 2.69 bits per heavy atom. The number of carbonyl (C=O) groups is 1. The summed E-state index contributed by atoms with van der Waals surface area (Å²) in [6.45, 7) is 1.98. The molecule has 0 atom stereocenters. The largest absolute Gasteiger partial charge is 0.293 e. The fourth-order valence-electron chi connectivity index (χ4n) is 0.999. The van der Waals surface area contributed by atoms with E-state index in [2.05, 4.69) is 54.5 Å². The number of benzene rings is 1. The lowest BCUT2D eigenvalue weighted by molar-refractivity contribution is 0.102. The third kappa shape index (κ3) is 2.76. The van der Waals surface area contributed by atoms with Crippen molar-refractivity contribution in [1.29, 1.82) is 0 Å². The molecule has 0 radical (unpaired) electrons. The third-order valence-electron chi connectivity index (χ3n) is 1.59. The molecule has 0 amide bonds. The molecule has 70 valence electrons. The first-order chi connectivity index (χ1) is 6.06. The molecule has 0 saturated carbocycles. The first kappa shape index (κ1) is 11.7. The Kier molecular flexibility index (Phi) is 4.38. The van der Waals surface area contributed by atoms with Crippen molar-refractivity contribution in [3.63, 3.8) is 0 Å². The maximum absolute atomic E-state index is 11.5. The van der Waals surface area contributed by atoms with Gasteiger partial charge in [-0.1, -0.05) is 15.9 Å². The predicted molar refractivity (Wildman–Crippen MR) is 69.7 cm³/mol. The van der Waals surface area contributed by atoms with Gasteiger partial charge in [-0.25, -0.2) is 0 Å². The normalized spacial score (nSPS) is 10.2. The van der Waals surface area contributed by atoms with Crippen LogP contribution in [0.25, 0.3) is 0 Å². The van der Waals surface area contributed by atoms with Crippen LogP contribution in [0.3, 0.4) is 0 Å². The lowest BCUT2D eigenvalue weighted by Crippen LogP contribution is -2.03.